The number of esters is 5. The van der Waals surface area contributed by atoms with Crippen LogP contribution in [-0.4, -0.2) is 158 Å². The summed E-state index contributed by atoms with van der Waals surface area (Å²) in [5.41, 5.74) is 20.4. The highest BCUT2D eigenvalue weighted by Gasteiger charge is 2.56. The Hall–Kier alpha value is -6.60. The molecule has 3 aliphatic heterocycles. The van der Waals surface area contributed by atoms with E-state index >= 15 is 0 Å². The van der Waals surface area contributed by atoms with Gasteiger partial charge >= 0.3 is 35.9 Å². The highest BCUT2D eigenvalue weighted by Crippen LogP contribution is 2.40. The Morgan fingerprint density at radius 1 is 0.653 bits per heavy atom. The van der Waals surface area contributed by atoms with Crippen LogP contribution in [0.25, 0.3) is 20.9 Å². The number of carbonyl (C=O) groups is 6. The van der Waals surface area contributed by atoms with E-state index in [0.717, 1.165) is 38.8 Å². The molecule has 26 nitrogen and oxygen atoms in total. The standard InChI is InChI=1S/C49H63N7O19/c1-26-19-35(53-55-51)43(68-30(5)60)45(75-48-46(69-31(6)61)44(39(72-48)25-64-27(2)57)73-40-20-37(67-29(4)59)41(62)38(71-40)21-52-54-50)42(26)74-47-36(66-28(3)58)18-17-34(70-47)23-56(22-32-13-9-7-10-14-32)49(63)65-24-33-15-11-8-12-16-33/h7-16,26,34-48,62H,17-25H2,1-6H3/t26-,34-,35?,36+,37+,38-,39+,40+,41-,42+,43-,44+,45-,46+,47+,48-/m0/s1. The second-order valence-corrected chi connectivity index (χ2v) is 18.4. The predicted molar refractivity (Wildman–Crippen MR) is 254 cm³/mol. The second kappa shape index (κ2) is 27.8. The minimum absolute atomic E-state index is 0.00677. The van der Waals surface area contributed by atoms with Crippen LogP contribution in [0.1, 0.15) is 78.4 Å². The molecule has 1 aliphatic carbocycles. The maximum Gasteiger partial charge on any atom is 0.410 e. The maximum atomic E-state index is 13.8. The number of hydrogen-bond donors (Lipinski definition) is 1. The number of carbonyl (C=O) groups excluding carboxylic acids is 6. The number of aliphatic hydroxyl groups excluding tert-OH is 1. The highest BCUT2D eigenvalue weighted by atomic mass is 16.8. The second-order valence-electron chi connectivity index (χ2n) is 18.4. The van der Waals surface area contributed by atoms with Gasteiger partial charge in [0.15, 0.2) is 31.1 Å². The highest BCUT2D eigenvalue weighted by molar-refractivity contribution is 5.68. The Morgan fingerprint density at radius 2 is 1.28 bits per heavy atom. The first-order valence-electron chi connectivity index (χ1n) is 24.4. The van der Waals surface area contributed by atoms with Gasteiger partial charge in [-0.05, 0) is 47.4 Å². The molecule has 2 aromatic rings. The van der Waals surface area contributed by atoms with E-state index in [9.17, 15) is 39.4 Å². The fourth-order valence-electron chi connectivity index (χ4n) is 9.43. The topological polar surface area (TPSA) is 334 Å². The molecule has 0 spiro atoms. The number of ether oxygens (including phenoxy) is 12. The quantitative estimate of drug-likeness (QED) is 0.0564. The van der Waals surface area contributed by atoms with E-state index in [2.05, 4.69) is 20.1 Å². The van der Waals surface area contributed by atoms with Crippen molar-refractivity contribution in [3.63, 3.8) is 0 Å². The molecule has 0 aromatic heterocycles. The van der Waals surface area contributed by atoms with Crippen molar-refractivity contribution < 1.29 is 90.7 Å². The number of aliphatic hydroxyl groups is 1. The van der Waals surface area contributed by atoms with Crippen LogP contribution in [0, 0.1) is 5.92 Å². The molecule has 3 heterocycles. The monoisotopic (exact) mass is 1050 g/mol. The van der Waals surface area contributed by atoms with Crippen LogP contribution in [-0.2, 0) is 94.0 Å². The van der Waals surface area contributed by atoms with E-state index in [1.165, 1.54) is 11.8 Å². The Bertz CT molecular complexity index is 2350. The zero-order valence-corrected chi connectivity index (χ0v) is 42.3. The predicted octanol–water partition coefficient (Wildman–Crippen LogP) is 5.01. The zero-order valence-electron chi connectivity index (χ0n) is 42.3. The summed E-state index contributed by atoms with van der Waals surface area (Å²) in [5.74, 6) is -4.42. The molecule has 408 valence electrons. The van der Waals surface area contributed by atoms with Crippen molar-refractivity contribution >= 4 is 35.9 Å². The number of azide groups is 2. The van der Waals surface area contributed by atoms with Gasteiger partial charge in [-0.15, -0.1) is 0 Å². The number of nitrogens with zero attached hydrogens (tertiary/aromatic N) is 7. The van der Waals surface area contributed by atoms with Crippen molar-refractivity contribution in [3.05, 3.63) is 92.7 Å². The van der Waals surface area contributed by atoms with E-state index in [0.29, 0.717) is 6.42 Å². The lowest BCUT2D eigenvalue weighted by Gasteiger charge is -2.47. The number of amides is 1. The molecule has 4 fully saturated rings. The first-order valence-corrected chi connectivity index (χ1v) is 24.4. The molecular weight excluding hydrogens is 991 g/mol. The lowest BCUT2D eigenvalue weighted by Crippen LogP contribution is -2.60. The fourth-order valence-corrected chi connectivity index (χ4v) is 9.43. The van der Waals surface area contributed by atoms with Gasteiger partial charge in [0.1, 0.15) is 49.8 Å². The minimum Gasteiger partial charge on any atom is -0.463 e. The van der Waals surface area contributed by atoms with Gasteiger partial charge in [-0.25, -0.2) is 4.79 Å². The van der Waals surface area contributed by atoms with E-state index in [1.54, 1.807) is 6.92 Å². The molecule has 3 saturated heterocycles. The summed E-state index contributed by atoms with van der Waals surface area (Å²) in [6, 6.07) is 17.4. The average molecular weight is 1050 g/mol. The molecule has 1 amide bonds. The molecule has 75 heavy (non-hydrogen) atoms. The molecule has 1 unspecified atom stereocenters. The van der Waals surface area contributed by atoms with E-state index in [1.807, 2.05) is 60.7 Å². The van der Waals surface area contributed by atoms with Crippen molar-refractivity contribution in [1.82, 2.24) is 4.90 Å². The van der Waals surface area contributed by atoms with E-state index in [-0.39, 0.29) is 39.0 Å². The third-order valence-corrected chi connectivity index (χ3v) is 12.6. The van der Waals surface area contributed by atoms with Gasteiger partial charge in [0.05, 0.1) is 37.4 Å². The van der Waals surface area contributed by atoms with E-state index in [4.69, 9.17) is 62.4 Å². The van der Waals surface area contributed by atoms with Gasteiger partial charge in [-0.2, -0.15) is 0 Å². The molecule has 0 bridgehead atoms. The van der Waals surface area contributed by atoms with Crippen LogP contribution >= 0.6 is 0 Å². The van der Waals surface area contributed by atoms with Gasteiger partial charge in [0, 0.05) is 57.4 Å². The largest absolute Gasteiger partial charge is 0.463 e. The van der Waals surface area contributed by atoms with Crippen molar-refractivity contribution in [2.24, 2.45) is 16.1 Å². The summed E-state index contributed by atoms with van der Waals surface area (Å²) < 4.78 is 72.7. The van der Waals surface area contributed by atoms with Crippen LogP contribution in [0.5, 0.6) is 0 Å². The van der Waals surface area contributed by atoms with E-state index < -0.39 is 147 Å². The summed E-state index contributed by atoms with van der Waals surface area (Å²) in [4.78, 5) is 83.8. The van der Waals surface area contributed by atoms with Gasteiger partial charge in [-0.1, -0.05) is 77.8 Å². The van der Waals surface area contributed by atoms with Gasteiger partial charge in [0.25, 0.3) is 0 Å². The van der Waals surface area contributed by atoms with Gasteiger partial charge < -0.3 is 66.8 Å². The first kappa shape index (κ1) is 57.7. The maximum absolute atomic E-state index is 13.8. The number of rotatable bonds is 21. The lowest BCUT2D eigenvalue weighted by molar-refractivity contribution is -0.311. The van der Waals surface area contributed by atoms with Crippen molar-refractivity contribution in [2.75, 3.05) is 19.7 Å². The Kier molecular flexibility index (Phi) is 21.4. The zero-order chi connectivity index (χ0) is 54.2. The Labute approximate surface area is 431 Å². The third kappa shape index (κ3) is 16.7. The molecule has 2 aromatic carbocycles. The van der Waals surface area contributed by atoms with Gasteiger partial charge in [-0.3, -0.25) is 24.0 Å². The van der Waals surface area contributed by atoms with Gasteiger partial charge in [0.2, 0.25) is 0 Å². The Morgan fingerprint density at radius 3 is 1.91 bits per heavy atom. The first-order chi connectivity index (χ1) is 35.9. The molecule has 1 N–H and O–H groups in total. The van der Waals surface area contributed by atoms with Crippen LogP contribution in [0.2, 0.25) is 0 Å². The minimum atomic E-state index is -1.68. The number of hydrogen-bond acceptors (Lipinski definition) is 21. The molecule has 1 saturated carbocycles. The molecule has 26 heteroatoms. The van der Waals surface area contributed by atoms with Crippen molar-refractivity contribution in [1.29, 1.82) is 0 Å². The van der Waals surface area contributed by atoms with Crippen LogP contribution in [0.3, 0.4) is 0 Å². The van der Waals surface area contributed by atoms with Crippen LogP contribution in [0.15, 0.2) is 70.9 Å². The molecule has 0 radical (unpaired) electrons. The Balaban J connectivity index is 1.33. The summed E-state index contributed by atoms with van der Waals surface area (Å²) in [7, 11) is 0. The van der Waals surface area contributed by atoms with Crippen LogP contribution < -0.4 is 0 Å². The normalized spacial score (nSPS) is 31.2. The van der Waals surface area contributed by atoms with Crippen molar-refractivity contribution in [2.45, 2.75) is 172 Å². The average Bonchev–Trinajstić information content (AvgIpc) is 3.66. The SMILES string of the molecule is CC(=O)OC[C@H]1O[C@@H](O[C@H]2[C@H](O[C@H]3O[C@H](CN(Cc4ccccc4)C(=O)OCc4ccccc4)CC[C@H]3OC(C)=O)[C@@H](C)CC(N=[N+]=[N-])[C@@H]2OC(C)=O)[C@H](OC(C)=O)[C@@H]1O[C@@H]1C[C@@H](OC(C)=O)[C@H](O)[C@H](CN=[N+]=[N-])O1. The fraction of sp³-hybridized carbons (Fsp3) is 0.633. The summed E-state index contributed by atoms with van der Waals surface area (Å²) in [6.07, 6.45) is -18.8. The number of benzene rings is 2. The van der Waals surface area contributed by atoms with Crippen LogP contribution in [0.4, 0.5) is 4.79 Å². The smallest absolute Gasteiger partial charge is 0.410 e. The summed E-state index contributed by atoms with van der Waals surface area (Å²) in [5, 5.41) is 18.4. The molecule has 16 atom stereocenters. The third-order valence-electron chi connectivity index (χ3n) is 12.6. The summed E-state index contributed by atoms with van der Waals surface area (Å²) in [6.45, 7) is 6.70. The molecular formula is C49H63N7O19. The van der Waals surface area contributed by atoms with Crippen molar-refractivity contribution in [3.8, 4) is 0 Å². The summed E-state index contributed by atoms with van der Waals surface area (Å²) >= 11 is 0. The molecule has 4 aliphatic rings. The molecule has 6 rings (SSSR count). The lowest BCUT2D eigenvalue weighted by atomic mass is 9.80.